The fourth-order valence-corrected chi connectivity index (χ4v) is 2.54. The van der Waals surface area contributed by atoms with Crippen molar-refractivity contribution in [3.8, 4) is 0 Å². The lowest BCUT2D eigenvalue weighted by atomic mass is 9.92. The summed E-state index contributed by atoms with van der Waals surface area (Å²) < 4.78 is 16.8. The molecule has 4 heteroatoms. The normalized spacial score (nSPS) is 31.1. The van der Waals surface area contributed by atoms with Gasteiger partial charge >= 0.3 is 0 Å². The molecule has 4 nitrogen and oxygen atoms in total. The second kappa shape index (κ2) is 8.90. The van der Waals surface area contributed by atoms with Crippen LogP contribution < -0.4 is 0 Å². The Morgan fingerprint density at radius 3 is 2.32 bits per heavy atom. The van der Waals surface area contributed by atoms with E-state index in [2.05, 4.69) is 0 Å². The molecule has 19 heavy (non-hydrogen) atoms. The van der Waals surface area contributed by atoms with Crippen molar-refractivity contribution in [3.63, 3.8) is 0 Å². The summed E-state index contributed by atoms with van der Waals surface area (Å²) >= 11 is 0. The van der Waals surface area contributed by atoms with E-state index in [1.165, 1.54) is 25.7 Å². The molecule has 0 aromatic rings. The standard InChI is InChI=1S/C15H28O4/c16-13-11-14(12-13)17-8-4-1-2-5-9-18-15-7-3-6-10-19-15/h13-16H,1-12H2. The van der Waals surface area contributed by atoms with Crippen LogP contribution in [0.2, 0.25) is 0 Å². The molecule has 1 atom stereocenters. The van der Waals surface area contributed by atoms with Gasteiger partial charge in [-0.3, -0.25) is 0 Å². The number of aliphatic hydroxyl groups is 1. The van der Waals surface area contributed by atoms with Gasteiger partial charge in [-0.25, -0.2) is 0 Å². The third-order valence-electron chi connectivity index (χ3n) is 3.90. The van der Waals surface area contributed by atoms with Gasteiger partial charge in [0.15, 0.2) is 6.29 Å². The van der Waals surface area contributed by atoms with E-state index in [0.717, 1.165) is 51.9 Å². The number of ether oxygens (including phenoxy) is 3. The highest BCUT2D eigenvalue weighted by atomic mass is 16.7. The zero-order valence-corrected chi connectivity index (χ0v) is 11.9. The first kappa shape index (κ1) is 15.2. The highest BCUT2D eigenvalue weighted by molar-refractivity contribution is 4.78. The third kappa shape index (κ3) is 6.21. The molecule has 1 heterocycles. The predicted molar refractivity (Wildman–Crippen MR) is 73.0 cm³/mol. The van der Waals surface area contributed by atoms with Crippen LogP contribution in [-0.2, 0) is 14.2 Å². The zero-order chi connectivity index (χ0) is 13.3. The maximum absolute atomic E-state index is 9.12. The van der Waals surface area contributed by atoms with Gasteiger partial charge in [0.25, 0.3) is 0 Å². The van der Waals surface area contributed by atoms with Crippen LogP contribution in [0.3, 0.4) is 0 Å². The molecule has 0 aromatic carbocycles. The average molecular weight is 272 g/mol. The van der Waals surface area contributed by atoms with Crippen molar-refractivity contribution in [3.05, 3.63) is 0 Å². The maximum atomic E-state index is 9.12. The second-order valence-corrected chi connectivity index (χ2v) is 5.70. The van der Waals surface area contributed by atoms with E-state index in [-0.39, 0.29) is 12.4 Å². The van der Waals surface area contributed by atoms with Crippen LogP contribution in [0.1, 0.15) is 57.8 Å². The second-order valence-electron chi connectivity index (χ2n) is 5.70. The number of rotatable bonds is 9. The van der Waals surface area contributed by atoms with Gasteiger partial charge in [0.1, 0.15) is 0 Å². The van der Waals surface area contributed by atoms with Crippen LogP contribution >= 0.6 is 0 Å². The Kier molecular flexibility index (Phi) is 7.14. The number of hydrogen-bond donors (Lipinski definition) is 1. The monoisotopic (exact) mass is 272 g/mol. The highest BCUT2D eigenvalue weighted by Gasteiger charge is 2.27. The number of hydrogen-bond acceptors (Lipinski definition) is 4. The molecule has 0 amide bonds. The molecule has 112 valence electrons. The number of aliphatic hydroxyl groups excluding tert-OH is 1. The minimum absolute atomic E-state index is 0.0575. The first-order valence-electron chi connectivity index (χ1n) is 7.87. The van der Waals surface area contributed by atoms with Crippen LogP contribution in [0.25, 0.3) is 0 Å². The van der Waals surface area contributed by atoms with E-state index in [1.807, 2.05) is 0 Å². The van der Waals surface area contributed by atoms with Crippen molar-refractivity contribution >= 4 is 0 Å². The first-order valence-corrected chi connectivity index (χ1v) is 7.87. The fourth-order valence-electron chi connectivity index (χ4n) is 2.54. The number of unbranched alkanes of at least 4 members (excludes halogenated alkanes) is 3. The summed E-state index contributed by atoms with van der Waals surface area (Å²) in [7, 11) is 0. The minimum atomic E-state index is -0.107. The van der Waals surface area contributed by atoms with Crippen LogP contribution in [0.4, 0.5) is 0 Å². The van der Waals surface area contributed by atoms with E-state index in [1.54, 1.807) is 0 Å². The molecule has 0 bridgehead atoms. The highest BCUT2D eigenvalue weighted by Crippen LogP contribution is 2.23. The summed E-state index contributed by atoms with van der Waals surface area (Å²) in [6.45, 7) is 2.52. The third-order valence-corrected chi connectivity index (χ3v) is 3.90. The minimum Gasteiger partial charge on any atom is -0.393 e. The SMILES string of the molecule is OC1CC(OCCCCCCOC2CCCCO2)C1. The van der Waals surface area contributed by atoms with Gasteiger partial charge in [0.05, 0.1) is 12.2 Å². The molecule has 2 rings (SSSR count). The van der Waals surface area contributed by atoms with Crippen molar-refractivity contribution in [1.29, 1.82) is 0 Å². The molecule has 1 aliphatic carbocycles. The van der Waals surface area contributed by atoms with Gasteiger partial charge < -0.3 is 19.3 Å². The molecule has 1 saturated heterocycles. The Morgan fingerprint density at radius 1 is 0.947 bits per heavy atom. The summed E-state index contributed by atoms with van der Waals surface area (Å²) in [4.78, 5) is 0. The molecular formula is C15H28O4. The Labute approximate surface area is 116 Å². The quantitative estimate of drug-likeness (QED) is 0.655. The van der Waals surface area contributed by atoms with Crippen molar-refractivity contribution in [1.82, 2.24) is 0 Å². The summed E-state index contributed by atoms with van der Waals surface area (Å²) in [6.07, 6.45) is 10.0. The van der Waals surface area contributed by atoms with Crippen LogP contribution in [0.15, 0.2) is 0 Å². The van der Waals surface area contributed by atoms with Crippen molar-refractivity contribution in [2.45, 2.75) is 76.3 Å². The molecular weight excluding hydrogens is 244 g/mol. The van der Waals surface area contributed by atoms with E-state index in [0.29, 0.717) is 6.10 Å². The molecule has 1 N–H and O–H groups in total. The molecule has 0 radical (unpaired) electrons. The Bertz CT molecular complexity index is 222. The van der Waals surface area contributed by atoms with Gasteiger partial charge in [0, 0.05) is 19.8 Å². The largest absolute Gasteiger partial charge is 0.393 e. The van der Waals surface area contributed by atoms with Gasteiger partial charge in [0.2, 0.25) is 0 Å². The van der Waals surface area contributed by atoms with Gasteiger partial charge in [-0.05, 0) is 44.9 Å². The van der Waals surface area contributed by atoms with Gasteiger partial charge in [-0.15, -0.1) is 0 Å². The van der Waals surface area contributed by atoms with E-state index in [9.17, 15) is 0 Å². The van der Waals surface area contributed by atoms with Crippen LogP contribution in [0, 0.1) is 0 Å². The van der Waals surface area contributed by atoms with E-state index in [4.69, 9.17) is 19.3 Å². The van der Waals surface area contributed by atoms with Crippen molar-refractivity contribution in [2.75, 3.05) is 19.8 Å². The Balaban J connectivity index is 1.30. The van der Waals surface area contributed by atoms with Gasteiger partial charge in [-0.2, -0.15) is 0 Å². The van der Waals surface area contributed by atoms with Crippen molar-refractivity contribution < 1.29 is 19.3 Å². The average Bonchev–Trinajstić information content (AvgIpc) is 2.40. The smallest absolute Gasteiger partial charge is 0.157 e. The lowest BCUT2D eigenvalue weighted by Gasteiger charge is -2.31. The van der Waals surface area contributed by atoms with E-state index < -0.39 is 0 Å². The molecule has 1 unspecified atom stereocenters. The lowest BCUT2D eigenvalue weighted by Crippen LogP contribution is -2.35. The molecule has 0 spiro atoms. The zero-order valence-electron chi connectivity index (χ0n) is 11.9. The van der Waals surface area contributed by atoms with Gasteiger partial charge in [-0.1, -0.05) is 12.8 Å². The molecule has 1 saturated carbocycles. The first-order chi connectivity index (χ1) is 9.34. The summed E-state index contributed by atoms with van der Waals surface area (Å²) in [5.74, 6) is 0. The summed E-state index contributed by atoms with van der Waals surface area (Å²) in [6, 6.07) is 0. The van der Waals surface area contributed by atoms with Crippen LogP contribution in [-0.4, -0.2) is 43.4 Å². The Morgan fingerprint density at radius 2 is 1.68 bits per heavy atom. The predicted octanol–water partition coefficient (Wildman–Crippen LogP) is 2.63. The van der Waals surface area contributed by atoms with Crippen molar-refractivity contribution in [2.24, 2.45) is 0 Å². The molecule has 2 aliphatic rings. The molecule has 0 aromatic heterocycles. The lowest BCUT2D eigenvalue weighted by molar-refractivity contribution is -0.162. The van der Waals surface area contributed by atoms with Crippen LogP contribution in [0.5, 0.6) is 0 Å². The maximum Gasteiger partial charge on any atom is 0.157 e. The Hall–Kier alpha value is -0.160. The fraction of sp³-hybridized carbons (Fsp3) is 1.00. The molecule has 2 fully saturated rings. The van der Waals surface area contributed by atoms with E-state index >= 15 is 0 Å². The molecule has 1 aliphatic heterocycles. The summed E-state index contributed by atoms with van der Waals surface area (Å²) in [5, 5.41) is 9.12. The topological polar surface area (TPSA) is 47.9 Å². The summed E-state index contributed by atoms with van der Waals surface area (Å²) in [5.41, 5.74) is 0.